The number of carbonyl (C=O) groups excluding carboxylic acids is 1. The Balaban J connectivity index is 1.94. The van der Waals surface area contributed by atoms with E-state index in [9.17, 15) is 4.79 Å². The van der Waals surface area contributed by atoms with Crippen LogP contribution in [-0.2, 0) is 9.53 Å². The average molecular weight is 493 g/mol. The highest BCUT2D eigenvalue weighted by molar-refractivity contribution is 9.10. The molecule has 160 valence electrons. The number of hydrogen-bond donors (Lipinski definition) is 2. The number of nitrogens with one attached hydrogen (secondary N) is 2. The molecule has 1 aromatic heterocycles. The van der Waals surface area contributed by atoms with Gasteiger partial charge in [-0.15, -0.1) is 0 Å². The number of rotatable bonds is 8. The maximum atomic E-state index is 13.3. The highest BCUT2D eigenvalue weighted by Crippen LogP contribution is 2.32. The van der Waals surface area contributed by atoms with Crippen molar-refractivity contribution in [3.05, 3.63) is 57.4 Å². The van der Waals surface area contributed by atoms with E-state index < -0.39 is 0 Å². The molecule has 1 aromatic carbocycles. The second-order valence-electron chi connectivity index (χ2n) is 6.92. The van der Waals surface area contributed by atoms with Gasteiger partial charge >= 0.3 is 0 Å². The molecule has 0 saturated heterocycles. The molecule has 0 unspecified atom stereocenters. The van der Waals surface area contributed by atoms with Crippen LogP contribution in [0.4, 0.5) is 5.82 Å². The third-order valence-electron chi connectivity index (χ3n) is 4.77. The molecule has 0 radical (unpaired) electrons. The molecule has 0 fully saturated rings. The summed E-state index contributed by atoms with van der Waals surface area (Å²) in [6.45, 7) is 7.63. The van der Waals surface area contributed by atoms with Crippen molar-refractivity contribution in [2.45, 2.75) is 33.2 Å². The van der Waals surface area contributed by atoms with Gasteiger partial charge in [-0.25, -0.2) is 0 Å². The summed E-state index contributed by atoms with van der Waals surface area (Å²) in [7, 11) is 0. The first-order valence-electron chi connectivity index (χ1n) is 9.77. The molecule has 1 atom stereocenters. The van der Waals surface area contributed by atoms with Gasteiger partial charge in [-0.2, -0.15) is 0 Å². The minimum atomic E-state index is -0.383. The van der Waals surface area contributed by atoms with Crippen LogP contribution in [0.1, 0.15) is 37.6 Å². The number of carbonyl (C=O) groups is 1. The van der Waals surface area contributed by atoms with Gasteiger partial charge in [-0.1, -0.05) is 33.2 Å². The number of hydrogen-bond acceptors (Lipinski definition) is 5. The molecule has 2 aromatic rings. The molecular formula is C21H25BrN4O3S. The van der Waals surface area contributed by atoms with E-state index in [1.165, 1.54) is 0 Å². The number of anilines is 1. The molecule has 30 heavy (non-hydrogen) atoms. The summed E-state index contributed by atoms with van der Waals surface area (Å²) >= 11 is 9.14. The van der Waals surface area contributed by atoms with E-state index in [4.69, 9.17) is 21.5 Å². The third kappa shape index (κ3) is 5.27. The lowest BCUT2D eigenvalue weighted by atomic mass is 9.94. The van der Waals surface area contributed by atoms with Crippen molar-refractivity contribution in [3.8, 4) is 0 Å². The van der Waals surface area contributed by atoms with Crippen LogP contribution in [0, 0.1) is 6.92 Å². The lowest BCUT2D eigenvalue weighted by molar-refractivity contribution is -0.113. The van der Waals surface area contributed by atoms with Gasteiger partial charge in [0.1, 0.15) is 5.76 Å². The van der Waals surface area contributed by atoms with Crippen LogP contribution in [0.25, 0.3) is 0 Å². The van der Waals surface area contributed by atoms with Gasteiger partial charge < -0.3 is 24.8 Å². The van der Waals surface area contributed by atoms with Crippen LogP contribution in [0.5, 0.6) is 0 Å². The first kappa shape index (κ1) is 22.5. The third-order valence-corrected chi connectivity index (χ3v) is 5.60. The summed E-state index contributed by atoms with van der Waals surface area (Å²) in [5.74, 6) is 0.748. The number of halogens is 1. The maximum Gasteiger partial charge on any atom is 0.257 e. The Morgan fingerprint density at radius 1 is 1.40 bits per heavy atom. The second kappa shape index (κ2) is 10.2. The summed E-state index contributed by atoms with van der Waals surface area (Å²) in [4.78, 5) is 15.2. The van der Waals surface area contributed by atoms with Crippen LogP contribution in [0.3, 0.4) is 0 Å². The zero-order valence-corrected chi connectivity index (χ0v) is 19.6. The van der Waals surface area contributed by atoms with Crippen LogP contribution >= 0.6 is 28.1 Å². The zero-order chi connectivity index (χ0) is 21.7. The standard InChI is InChI=1S/C21H25BrN4O3S/c1-4-28-10-6-9-26-14(3)18(20(27)23-17-11-13(2)29-25-17)19(24-21(26)30)15-7-5-8-16(22)12-15/h5,7-8,11-12,19H,4,6,9-10H2,1-3H3,(H,24,30)(H,23,25,27)/t19-/m0/s1. The van der Waals surface area contributed by atoms with Crippen LogP contribution in [0.2, 0.25) is 0 Å². The molecule has 7 nitrogen and oxygen atoms in total. The molecule has 9 heteroatoms. The Kier molecular flexibility index (Phi) is 7.63. The van der Waals surface area contributed by atoms with E-state index in [1.807, 2.05) is 43.0 Å². The predicted octanol–water partition coefficient (Wildman–Crippen LogP) is 4.32. The summed E-state index contributed by atoms with van der Waals surface area (Å²) < 4.78 is 11.4. The number of aryl methyl sites for hydroxylation is 1. The van der Waals surface area contributed by atoms with Crippen molar-refractivity contribution in [2.75, 3.05) is 25.1 Å². The van der Waals surface area contributed by atoms with E-state index in [-0.39, 0.29) is 11.9 Å². The predicted molar refractivity (Wildman–Crippen MR) is 123 cm³/mol. The lowest BCUT2D eigenvalue weighted by Crippen LogP contribution is -2.48. The first-order valence-corrected chi connectivity index (χ1v) is 11.0. The normalized spacial score (nSPS) is 16.6. The van der Waals surface area contributed by atoms with Gasteiger partial charge in [0, 0.05) is 36.0 Å². The maximum absolute atomic E-state index is 13.3. The number of benzene rings is 1. The van der Waals surface area contributed by atoms with Crippen LogP contribution < -0.4 is 10.6 Å². The number of amides is 1. The van der Waals surface area contributed by atoms with Gasteiger partial charge in [0.25, 0.3) is 5.91 Å². The molecular weight excluding hydrogens is 468 g/mol. The number of ether oxygens (including phenoxy) is 1. The van der Waals surface area contributed by atoms with E-state index in [0.717, 1.165) is 22.2 Å². The topological polar surface area (TPSA) is 79.6 Å². The molecule has 0 bridgehead atoms. The summed E-state index contributed by atoms with van der Waals surface area (Å²) in [5, 5.41) is 10.6. The first-order chi connectivity index (χ1) is 14.4. The average Bonchev–Trinajstić information content (AvgIpc) is 3.11. The smallest absolute Gasteiger partial charge is 0.257 e. The zero-order valence-electron chi connectivity index (χ0n) is 17.2. The minimum absolute atomic E-state index is 0.254. The largest absolute Gasteiger partial charge is 0.382 e. The van der Waals surface area contributed by atoms with E-state index in [0.29, 0.717) is 42.0 Å². The molecule has 1 aliphatic rings. The number of thiocarbonyl (C=S) groups is 1. The van der Waals surface area contributed by atoms with Crippen LogP contribution in [0.15, 0.2) is 50.6 Å². The number of nitrogens with zero attached hydrogens (tertiary/aromatic N) is 2. The Labute approximate surface area is 189 Å². The Morgan fingerprint density at radius 3 is 2.87 bits per heavy atom. The van der Waals surface area contributed by atoms with Crippen molar-refractivity contribution in [3.63, 3.8) is 0 Å². The molecule has 3 rings (SSSR count). The highest BCUT2D eigenvalue weighted by Gasteiger charge is 2.34. The summed E-state index contributed by atoms with van der Waals surface area (Å²) in [6.07, 6.45) is 0.798. The minimum Gasteiger partial charge on any atom is -0.382 e. The number of aromatic nitrogens is 1. The molecule has 0 aliphatic carbocycles. The fourth-order valence-electron chi connectivity index (χ4n) is 3.36. The molecule has 1 aliphatic heterocycles. The van der Waals surface area contributed by atoms with Gasteiger partial charge in [0.05, 0.1) is 11.6 Å². The quantitative estimate of drug-likeness (QED) is 0.419. The van der Waals surface area contributed by atoms with Crippen LogP contribution in [-0.4, -0.2) is 40.8 Å². The monoisotopic (exact) mass is 492 g/mol. The van der Waals surface area contributed by atoms with Crippen molar-refractivity contribution in [1.29, 1.82) is 0 Å². The highest BCUT2D eigenvalue weighted by atomic mass is 79.9. The Morgan fingerprint density at radius 2 is 2.20 bits per heavy atom. The molecule has 0 spiro atoms. The Bertz CT molecular complexity index is 959. The molecule has 2 N–H and O–H groups in total. The van der Waals surface area contributed by atoms with Gasteiger partial charge in [-0.05, 0) is 57.1 Å². The second-order valence-corrected chi connectivity index (χ2v) is 8.22. The summed E-state index contributed by atoms with van der Waals surface area (Å²) in [5.41, 5.74) is 2.32. The van der Waals surface area contributed by atoms with Gasteiger partial charge in [0.2, 0.25) is 0 Å². The summed E-state index contributed by atoms with van der Waals surface area (Å²) in [6, 6.07) is 9.13. The van der Waals surface area contributed by atoms with Crippen molar-refractivity contribution in [1.82, 2.24) is 15.4 Å². The van der Waals surface area contributed by atoms with E-state index in [2.05, 4.69) is 31.7 Å². The van der Waals surface area contributed by atoms with E-state index in [1.54, 1.807) is 13.0 Å². The van der Waals surface area contributed by atoms with E-state index >= 15 is 0 Å². The van der Waals surface area contributed by atoms with Gasteiger partial charge in [-0.3, -0.25) is 4.79 Å². The number of allylic oxidation sites excluding steroid dienone is 1. The van der Waals surface area contributed by atoms with Crippen molar-refractivity contribution >= 4 is 45.0 Å². The van der Waals surface area contributed by atoms with Crippen molar-refractivity contribution < 1.29 is 14.1 Å². The molecule has 1 amide bonds. The van der Waals surface area contributed by atoms with Gasteiger partial charge in [0.15, 0.2) is 10.9 Å². The molecule has 0 saturated carbocycles. The fraction of sp³-hybridized carbons (Fsp3) is 0.381. The van der Waals surface area contributed by atoms with Crippen molar-refractivity contribution in [2.24, 2.45) is 0 Å². The fourth-order valence-corrected chi connectivity index (χ4v) is 4.12. The Hall–Kier alpha value is -2.23. The lowest BCUT2D eigenvalue weighted by Gasteiger charge is -2.38. The SMILES string of the molecule is CCOCCCN1C(=S)N[C@@H](c2cccc(Br)c2)C(C(=O)Nc2cc(C)on2)=C1C. The molecule has 2 heterocycles.